The van der Waals surface area contributed by atoms with Gasteiger partial charge in [0.2, 0.25) is 5.91 Å². The number of carbonyl (C=O) groups is 1. The van der Waals surface area contributed by atoms with Crippen LogP contribution in [-0.2, 0) is 17.6 Å². The van der Waals surface area contributed by atoms with Crippen molar-refractivity contribution < 1.29 is 4.79 Å². The summed E-state index contributed by atoms with van der Waals surface area (Å²) >= 11 is 0. The van der Waals surface area contributed by atoms with Crippen LogP contribution >= 0.6 is 0 Å². The number of hydrogen-bond acceptors (Lipinski definition) is 5. The number of rotatable bonds is 7. The minimum Gasteiger partial charge on any atom is -0.355 e. The minimum absolute atomic E-state index is 0.00332. The van der Waals surface area contributed by atoms with Gasteiger partial charge in [0.25, 0.3) is 0 Å². The number of aromatic amines is 1. The highest BCUT2D eigenvalue weighted by molar-refractivity contribution is 5.81. The number of H-pyrrole nitrogens is 1. The Morgan fingerprint density at radius 3 is 2.86 bits per heavy atom. The lowest BCUT2D eigenvalue weighted by Crippen LogP contribution is -2.54. The van der Waals surface area contributed by atoms with Crippen molar-refractivity contribution in [2.24, 2.45) is 5.92 Å². The molecule has 0 aliphatic carbocycles. The van der Waals surface area contributed by atoms with Gasteiger partial charge in [0, 0.05) is 50.6 Å². The van der Waals surface area contributed by atoms with E-state index in [1.807, 2.05) is 18.3 Å². The molecular formula is C21H24N6O. The van der Waals surface area contributed by atoms with Crippen LogP contribution in [0.4, 0.5) is 5.82 Å². The van der Waals surface area contributed by atoms with Gasteiger partial charge in [-0.15, -0.1) is 0 Å². The van der Waals surface area contributed by atoms with E-state index in [4.69, 9.17) is 4.98 Å². The second-order valence-corrected chi connectivity index (χ2v) is 7.19. The van der Waals surface area contributed by atoms with Crippen molar-refractivity contribution in [2.45, 2.75) is 19.8 Å². The van der Waals surface area contributed by atoms with Gasteiger partial charge in [0.15, 0.2) is 0 Å². The first-order valence-corrected chi connectivity index (χ1v) is 9.54. The van der Waals surface area contributed by atoms with E-state index in [1.165, 1.54) is 11.1 Å². The Hall–Kier alpha value is -3.22. The molecule has 7 heteroatoms. The summed E-state index contributed by atoms with van der Waals surface area (Å²) in [6, 6.07) is 8.32. The number of aryl methyl sites for hydroxylation is 1. The van der Waals surface area contributed by atoms with Gasteiger partial charge in [-0.05, 0) is 18.1 Å². The molecule has 0 spiro atoms. The van der Waals surface area contributed by atoms with E-state index in [1.54, 1.807) is 18.7 Å². The first-order chi connectivity index (χ1) is 13.7. The molecule has 3 aromatic rings. The quantitative estimate of drug-likeness (QED) is 0.658. The van der Waals surface area contributed by atoms with Crippen LogP contribution in [-0.4, -0.2) is 45.5 Å². The molecule has 0 radical (unpaired) electrons. The second kappa shape index (κ2) is 8.21. The standard InChI is InChI=1S/C21H24N6O/c1-15-4-2-3-5-16(15)8-19-10-22-11-20(26-19)27-12-17(13-27)21(28)24-7-6-18-9-23-14-25-18/h2-5,9-11,14,17H,6-8,12-13H2,1H3,(H,23,25)(H,24,28). The zero-order valence-electron chi connectivity index (χ0n) is 15.9. The summed E-state index contributed by atoms with van der Waals surface area (Å²) in [6.45, 7) is 4.08. The molecule has 0 unspecified atom stereocenters. The molecule has 0 saturated carbocycles. The summed E-state index contributed by atoms with van der Waals surface area (Å²) in [5.74, 6) is 0.941. The maximum absolute atomic E-state index is 12.3. The third-order valence-corrected chi connectivity index (χ3v) is 5.13. The summed E-state index contributed by atoms with van der Waals surface area (Å²) in [6.07, 6.45) is 8.53. The van der Waals surface area contributed by atoms with E-state index in [-0.39, 0.29) is 11.8 Å². The Morgan fingerprint density at radius 1 is 1.21 bits per heavy atom. The van der Waals surface area contributed by atoms with Gasteiger partial charge in [-0.3, -0.25) is 9.78 Å². The largest absolute Gasteiger partial charge is 0.355 e. The molecule has 1 aromatic carbocycles. The molecule has 3 heterocycles. The van der Waals surface area contributed by atoms with Gasteiger partial charge in [0.05, 0.1) is 24.1 Å². The van der Waals surface area contributed by atoms with Gasteiger partial charge >= 0.3 is 0 Å². The normalized spacial score (nSPS) is 14.0. The van der Waals surface area contributed by atoms with Crippen LogP contribution in [0.3, 0.4) is 0 Å². The predicted octanol–water partition coefficient (Wildman–Crippen LogP) is 1.89. The molecule has 1 aliphatic rings. The van der Waals surface area contributed by atoms with Crippen molar-refractivity contribution >= 4 is 11.7 Å². The maximum Gasteiger partial charge on any atom is 0.226 e. The summed E-state index contributed by atoms with van der Waals surface area (Å²) in [7, 11) is 0. The number of aromatic nitrogens is 4. The first kappa shape index (κ1) is 18.2. The van der Waals surface area contributed by atoms with Crippen LogP contribution in [0.1, 0.15) is 22.5 Å². The number of anilines is 1. The van der Waals surface area contributed by atoms with Crippen molar-refractivity contribution in [2.75, 3.05) is 24.5 Å². The Balaban J connectivity index is 1.28. The van der Waals surface area contributed by atoms with Gasteiger partial charge < -0.3 is 15.2 Å². The minimum atomic E-state index is 0.00332. The smallest absolute Gasteiger partial charge is 0.226 e. The molecule has 1 fully saturated rings. The zero-order chi connectivity index (χ0) is 19.3. The van der Waals surface area contributed by atoms with E-state index in [9.17, 15) is 4.79 Å². The van der Waals surface area contributed by atoms with E-state index in [0.29, 0.717) is 19.6 Å². The fourth-order valence-corrected chi connectivity index (χ4v) is 3.35. The van der Waals surface area contributed by atoms with Gasteiger partial charge in [-0.25, -0.2) is 9.97 Å². The summed E-state index contributed by atoms with van der Waals surface area (Å²) < 4.78 is 0. The second-order valence-electron chi connectivity index (χ2n) is 7.19. The topological polar surface area (TPSA) is 86.8 Å². The third kappa shape index (κ3) is 4.19. The highest BCUT2D eigenvalue weighted by atomic mass is 16.2. The molecule has 1 aliphatic heterocycles. The van der Waals surface area contributed by atoms with Crippen LogP contribution in [0, 0.1) is 12.8 Å². The van der Waals surface area contributed by atoms with E-state index >= 15 is 0 Å². The lowest BCUT2D eigenvalue weighted by Gasteiger charge is -2.39. The van der Waals surface area contributed by atoms with Gasteiger partial charge in [0.1, 0.15) is 5.82 Å². The average Bonchev–Trinajstić information content (AvgIpc) is 3.16. The Bertz CT molecular complexity index is 934. The molecule has 2 aromatic heterocycles. The highest BCUT2D eigenvalue weighted by Gasteiger charge is 2.33. The third-order valence-electron chi connectivity index (χ3n) is 5.13. The fraction of sp³-hybridized carbons (Fsp3) is 0.333. The van der Waals surface area contributed by atoms with E-state index in [2.05, 4.69) is 44.2 Å². The summed E-state index contributed by atoms with van der Waals surface area (Å²) in [5, 5.41) is 3.00. The summed E-state index contributed by atoms with van der Waals surface area (Å²) in [4.78, 5) is 30.5. The molecular weight excluding hydrogens is 352 g/mol. The fourth-order valence-electron chi connectivity index (χ4n) is 3.35. The van der Waals surface area contributed by atoms with Crippen LogP contribution in [0.25, 0.3) is 0 Å². The number of imidazole rings is 1. The van der Waals surface area contributed by atoms with E-state index in [0.717, 1.165) is 30.0 Å². The van der Waals surface area contributed by atoms with Crippen molar-refractivity contribution in [3.63, 3.8) is 0 Å². The Morgan fingerprint density at radius 2 is 2.07 bits per heavy atom. The monoisotopic (exact) mass is 376 g/mol. The Kier molecular flexibility index (Phi) is 5.32. The average molecular weight is 376 g/mol. The SMILES string of the molecule is Cc1ccccc1Cc1cncc(N2CC(C(=O)NCCc3cnc[nH]3)C2)n1. The van der Waals surface area contributed by atoms with Crippen molar-refractivity contribution in [1.82, 2.24) is 25.3 Å². The maximum atomic E-state index is 12.3. The van der Waals surface area contributed by atoms with Crippen molar-refractivity contribution in [3.8, 4) is 0 Å². The lowest BCUT2D eigenvalue weighted by molar-refractivity contribution is -0.125. The molecule has 0 atom stereocenters. The van der Waals surface area contributed by atoms with Gasteiger partial charge in [-0.2, -0.15) is 0 Å². The van der Waals surface area contributed by atoms with Crippen LogP contribution in [0.5, 0.6) is 0 Å². The molecule has 4 rings (SSSR count). The van der Waals surface area contributed by atoms with Crippen LogP contribution in [0.2, 0.25) is 0 Å². The van der Waals surface area contributed by atoms with Gasteiger partial charge in [-0.1, -0.05) is 24.3 Å². The van der Waals surface area contributed by atoms with Crippen molar-refractivity contribution in [1.29, 1.82) is 0 Å². The molecule has 7 nitrogen and oxygen atoms in total. The molecule has 1 saturated heterocycles. The molecule has 0 bridgehead atoms. The van der Waals surface area contributed by atoms with E-state index < -0.39 is 0 Å². The number of carbonyl (C=O) groups excluding carboxylic acids is 1. The zero-order valence-corrected chi connectivity index (χ0v) is 15.9. The van der Waals surface area contributed by atoms with Crippen molar-refractivity contribution in [3.05, 3.63) is 71.7 Å². The number of hydrogen-bond donors (Lipinski definition) is 2. The molecule has 2 N–H and O–H groups in total. The highest BCUT2D eigenvalue weighted by Crippen LogP contribution is 2.23. The van der Waals surface area contributed by atoms with Crippen LogP contribution in [0.15, 0.2) is 49.2 Å². The number of nitrogens with one attached hydrogen (secondary N) is 2. The molecule has 1 amide bonds. The number of amides is 1. The first-order valence-electron chi connectivity index (χ1n) is 9.54. The number of nitrogens with zero attached hydrogens (tertiary/aromatic N) is 4. The predicted molar refractivity (Wildman–Crippen MR) is 107 cm³/mol. The molecule has 144 valence electrons. The number of benzene rings is 1. The lowest BCUT2D eigenvalue weighted by atomic mass is 9.99. The summed E-state index contributed by atoms with van der Waals surface area (Å²) in [5.41, 5.74) is 4.48. The van der Waals surface area contributed by atoms with Crippen LogP contribution < -0.4 is 10.2 Å². The Labute approximate surface area is 164 Å². The molecule has 28 heavy (non-hydrogen) atoms.